The molecule has 17 heavy (non-hydrogen) atoms. The van der Waals surface area contributed by atoms with Gasteiger partial charge in [-0.25, -0.2) is 0 Å². The van der Waals surface area contributed by atoms with Gasteiger partial charge in [0.15, 0.2) is 0 Å². The summed E-state index contributed by atoms with van der Waals surface area (Å²) >= 11 is 1.27. The summed E-state index contributed by atoms with van der Waals surface area (Å²) in [6, 6.07) is 0.141. The Hall–Kier alpha value is -1.50. The van der Waals surface area contributed by atoms with E-state index in [1.807, 2.05) is 13.8 Å². The highest BCUT2D eigenvalue weighted by atomic mass is 32.1. The lowest BCUT2D eigenvalue weighted by Crippen LogP contribution is -2.33. The molecule has 1 aromatic heterocycles. The van der Waals surface area contributed by atoms with Crippen LogP contribution >= 0.6 is 11.3 Å². The summed E-state index contributed by atoms with van der Waals surface area (Å²) in [4.78, 5) is 25.3. The smallest absolute Gasteiger partial charge is 0.231 e. The zero-order valence-electron chi connectivity index (χ0n) is 9.71. The molecule has 92 valence electrons. The highest BCUT2D eigenvalue weighted by Crippen LogP contribution is 2.21. The largest absolute Gasteiger partial charge is 0.339 e. The second kappa shape index (κ2) is 4.79. The van der Waals surface area contributed by atoms with Gasteiger partial charge in [0.05, 0.1) is 5.92 Å². The topological polar surface area (TPSA) is 75.2 Å². The van der Waals surface area contributed by atoms with Crippen molar-refractivity contribution in [1.29, 1.82) is 0 Å². The molecule has 0 saturated carbocycles. The van der Waals surface area contributed by atoms with E-state index in [2.05, 4.69) is 15.5 Å². The van der Waals surface area contributed by atoms with Crippen LogP contribution in [0.2, 0.25) is 0 Å². The van der Waals surface area contributed by atoms with Gasteiger partial charge in [-0.2, -0.15) is 0 Å². The maximum absolute atomic E-state index is 11.9. The van der Waals surface area contributed by atoms with Crippen molar-refractivity contribution in [1.82, 2.24) is 15.1 Å². The number of nitrogens with zero attached hydrogens (tertiary/aromatic N) is 3. The van der Waals surface area contributed by atoms with Crippen molar-refractivity contribution in [3.63, 3.8) is 0 Å². The van der Waals surface area contributed by atoms with E-state index in [9.17, 15) is 9.59 Å². The van der Waals surface area contributed by atoms with Gasteiger partial charge in [-0.05, 0) is 13.8 Å². The molecule has 1 fully saturated rings. The SMILES string of the molecule is CC(C)N1C[C@@H](C(=O)Nc2nncs2)CC1=O. The summed E-state index contributed by atoms with van der Waals surface area (Å²) in [5.41, 5.74) is 1.55. The molecular formula is C10H14N4O2S. The highest BCUT2D eigenvalue weighted by Gasteiger charge is 2.35. The number of anilines is 1. The van der Waals surface area contributed by atoms with Gasteiger partial charge >= 0.3 is 0 Å². The molecule has 0 aromatic carbocycles. The van der Waals surface area contributed by atoms with Gasteiger partial charge in [0.2, 0.25) is 16.9 Å². The molecule has 1 aliphatic heterocycles. The van der Waals surface area contributed by atoms with Crippen molar-refractivity contribution in [3.8, 4) is 0 Å². The summed E-state index contributed by atoms with van der Waals surface area (Å²) in [6.07, 6.45) is 0.281. The fourth-order valence-electron chi connectivity index (χ4n) is 1.84. The van der Waals surface area contributed by atoms with Gasteiger partial charge in [-0.3, -0.25) is 9.59 Å². The second-order valence-electron chi connectivity index (χ2n) is 4.27. The quantitative estimate of drug-likeness (QED) is 0.863. The molecule has 0 aliphatic carbocycles. The van der Waals surface area contributed by atoms with Crippen LogP contribution in [0.3, 0.4) is 0 Å². The number of nitrogens with one attached hydrogen (secondary N) is 1. The molecule has 2 amide bonds. The molecule has 0 spiro atoms. The number of carbonyl (C=O) groups is 2. The van der Waals surface area contributed by atoms with Crippen LogP contribution in [0.4, 0.5) is 5.13 Å². The Morgan fingerprint density at radius 1 is 1.65 bits per heavy atom. The lowest BCUT2D eigenvalue weighted by Gasteiger charge is -2.20. The van der Waals surface area contributed by atoms with Crippen LogP contribution in [0.5, 0.6) is 0 Å². The fourth-order valence-corrected chi connectivity index (χ4v) is 2.29. The predicted octanol–water partition coefficient (Wildman–Crippen LogP) is 0.733. The Balaban J connectivity index is 1.96. The fraction of sp³-hybridized carbons (Fsp3) is 0.600. The second-order valence-corrected chi connectivity index (χ2v) is 5.11. The van der Waals surface area contributed by atoms with E-state index in [4.69, 9.17) is 0 Å². The summed E-state index contributed by atoms with van der Waals surface area (Å²) in [5.74, 6) is -0.399. The van der Waals surface area contributed by atoms with Crippen LogP contribution in [0.25, 0.3) is 0 Å². The molecule has 1 aromatic rings. The molecular weight excluding hydrogens is 240 g/mol. The molecule has 2 heterocycles. The Labute approximate surface area is 103 Å². The Bertz CT molecular complexity index is 418. The van der Waals surface area contributed by atoms with Crippen molar-refractivity contribution in [2.75, 3.05) is 11.9 Å². The van der Waals surface area contributed by atoms with Crippen LogP contribution < -0.4 is 5.32 Å². The minimum Gasteiger partial charge on any atom is -0.339 e. The third kappa shape index (κ3) is 2.60. The molecule has 7 heteroatoms. The Morgan fingerprint density at radius 3 is 2.94 bits per heavy atom. The van der Waals surface area contributed by atoms with Crippen molar-refractivity contribution in [3.05, 3.63) is 5.51 Å². The minimum absolute atomic E-state index is 0.0393. The van der Waals surface area contributed by atoms with Gasteiger partial charge in [0.25, 0.3) is 0 Å². The van der Waals surface area contributed by atoms with E-state index < -0.39 is 0 Å². The van der Waals surface area contributed by atoms with E-state index >= 15 is 0 Å². The van der Waals surface area contributed by atoms with Crippen LogP contribution in [-0.2, 0) is 9.59 Å². The number of hydrogen-bond donors (Lipinski definition) is 1. The zero-order valence-corrected chi connectivity index (χ0v) is 10.5. The maximum atomic E-state index is 11.9. The van der Waals surface area contributed by atoms with E-state index in [0.717, 1.165) is 0 Å². The number of likely N-dealkylation sites (tertiary alicyclic amines) is 1. The first-order valence-electron chi connectivity index (χ1n) is 5.44. The van der Waals surface area contributed by atoms with Gasteiger partial charge in [-0.15, -0.1) is 10.2 Å². The van der Waals surface area contributed by atoms with Crippen LogP contribution in [0.1, 0.15) is 20.3 Å². The lowest BCUT2D eigenvalue weighted by atomic mass is 10.1. The van der Waals surface area contributed by atoms with Crippen molar-refractivity contribution in [2.24, 2.45) is 5.92 Å². The molecule has 1 N–H and O–H groups in total. The first-order valence-corrected chi connectivity index (χ1v) is 6.32. The third-order valence-electron chi connectivity index (χ3n) is 2.74. The number of aromatic nitrogens is 2. The first kappa shape index (κ1) is 12.0. The summed E-state index contributed by atoms with van der Waals surface area (Å²) < 4.78 is 0. The standard InChI is InChI=1S/C10H14N4O2S/c1-6(2)14-4-7(3-8(14)15)9(16)12-10-13-11-5-17-10/h5-7H,3-4H2,1-2H3,(H,12,13,16)/t7-/m0/s1. The van der Waals surface area contributed by atoms with E-state index in [1.54, 1.807) is 10.4 Å². The van der Waals surface area contributed by atoms with Crippen molar-refractivity contribution >= 4 is 28.3 Å². The van der Waals surface area contributed by atoms with E-state index in [-0.39, 0.29) is 30.2 Å². The summed E-state index contributed by atoms with van der Waals surface area (Å²) in [7, 11) is 0. The molecule has 2 rings (SSSR count). The molecule has 0 bridgehead atoms. The van der Waals surface area contributed by atoms with Crippen molar-refractivity contribution < 1.29 is 9.59 Å². The summed E-state index contributed by atoms with van der Waals surface area (Å²) in [5, 5.41) is 10.5. The number of hydrogen-bond acceptors (Lipinski definition) is 5. The van der Waals surface area contributed by atoms with Crippen LogP contribution in [0, 0.1) is 5.92 Å². The molecule has 1 aliphatic rings. The predicted molar refractivity (Wildman–Crippen MR) is 63.5 cm³/mol. The monoisotopic (exact) mass is 254 g/mol. The molecule has 1 saturated heterocycles. The van der Waals surface area contributed by atoms with Gasteiger partial charge in [0.1, 0.15) is 5.51 Å². The minimum atomic E-state index is -0.284. The van der Waals surface area contributed by atoms with E-state index in [1.165, 1.54) is 11.3 Å². The van der Waals surface area contributed by atoms with Crippen LogP contribution in [-0.4, -0.2) is 39.5 Å². The number of rotatable bonds is 3. The number of amides is 2. The average molecular weight is 254 g/mol. The van der Waals surface area contributed by atoms with Crippen LogP contribution in [0.15, 0.2) is 5.51 Å². The van der Waals surface area contributed by atoms with Crippen molar-refractivity contribution in [2.45, 2.75) is 26.3 Å². The third-order valence-corrected chi connectivity index (χ3v) is 3.35. The highest BCUT2D eigenvalue weighted by molar-refractivity contribution is 7.13. The van der Waals surface area contributed by atoms with Gasteiger partial charge in [-0.1, -0.05) is 11.3 Å². The molecule has 0 unspecified atom stereocenters. The van der Waals surface area contributed by atoms with Gasteiger partial charge in [0, 0.05) is 19.0 Å². The molecule has 6 nitrogen and oxygen atoms in total. The Kier molecular flexibility index (Phi) is 3.37. The lowest BCUT2D eigenvalue weighted by molar-refractivity contribution is -0.129. The normalized spacial score (nSPS) is 20.1. The summed E-state index contributed by atoms with van der Waals surface area (Å²) in [6.45, 7) is 4.38. The molecule has 1 atom stereocenters. The van der Waals surface area contributed by atoms with Gasteiger partial charge < -0.3 is 10.2 Å². The average Bonchev–Trinajstić information content (AvgIpc) is 2.86. The molecule has 0 radical (unpaired) electrons. The maximum Gasteiger partial charge on any atom is 0.231 e. The van der Waals surface area contributed by atoms with E-state index in [0.29, 0.717) is 11.7 Å². The Morgan fingerprint density at radius 2 is 2.41 bits per heavy atom. The number of carbonyl (C=O) groups excluding carboxylic acids is 2. The first-order chi connectivity index (χ1) is 8.08. The zero-order chi connectivity index (χ0) is 12.4.